The number of nitro groups is 1. The van der Waals surface area contributed by atoms with Crippen LogP contribution in [-0.4, -0.2) is 4.92 Å². The molecule has 0 aliphatic rings. The maximum Gasteiger partial charge on any atom is 0.270 e. The molecule has 0 radical (unpaired) electrons. The van der Waals surface area contributed by atoms with E-state index in [0.717, 1.165) is 0 Å². The molecule has 4 nitrogen and oxygen atoms in total. The molecule has 0 heterocycles. The van der Waals surface area contributed by atoms with Crippen LogP contribution in [0, 0.1) is 21.4 Å². The number of allylic oxidation sites excluding steroid dienone is 1. The molecular weight excluding hydrogens is 204 g/mol. The van der Waals surface area contributed by atoms with E-state index in [1.807, 2.05) is 0 Å². The molecule has 5 heteroatoms. The normalized spacial score (nSPS) is 10.0. The number of nitriles is 1. The molecular formula is C9H5ClN2O2. The molecule has 1 aromatic carbocycles. The second-order valence-corrected chi connectivity index (χ2v) is 2.83. The number of non-ortho nitro benzene ring substituents is 1. The average Bonchev–Trinajstić information content (AvgIpc) is 2.16. The van der Waals surface area contributed by atoms with E-state index in [1.165, 1.54) is 30.4 Å². The van der Waals surface area contributed by atoms with Gasteiger partial charge in [0.1, 0.15) is 0 Å². The van der Waals surface area contributed by atoms with E-state index in [0.29, 0.717) is 10.6 Å². The second-order valence-electron chi connectivity index (χ2n) is 2.43. The summed E-state index contributed by atoms with van der Waals surface area (Å²) in [4.78, 5) is 9.90. The van der Waals surface area contributed by atoms with E-state index in [1.54, 1.807) is 6.07 Å². The Hall–Kier alpha value is -1.86. The zero-order valence-electron chi connectivity index (χ0n) is 6.98. The molecule has 0 aliphatic carbocycles. The lowest BCUT2D eigenvalue weighted by atomic mass is 10.2. The van der Waals surface area contributed by atoms with Gasteiger partial charge in [-0.1, -0.05) is 11.6 Å². The van der Waals surface area contributed by atoms with Crippen LogP contribution >= 0.6 is 11.6 Å². The van der Waals surface area contributed by atoms with Crippen LogP contribution in [0.2, 0.25) is 5.02 Å². The van der Waals surface area contributed by atoms with E-state index < -0.39 is 4.92 Å². The number of nitrogens with zero attached hydrogens (tertiary/aromatic N) is 2. The fourth-order valence-corrected chi connectivity index (χ4v) is 1.08. The second kappa shape index (κ2) is 4.40. The van der Waals surface area contributed by atoms with Gasteiger partial charge in [0.15, 0.2) is 0 Å². The third-order valence-electron chi connectivity index (χ3n) is 1.53. The van der Waals surface area contributed by atoms with Crippen molar-refractivity contribution in [3.63, 3.8) is 0 Å². The van der Waals surface area contributed by atoms with Crippen molar-refractivity contribution >= 4 is 23.4 Å². The summed E-state index contributed by atoms with van der Waals surface area (Å²) in [6.07, 6.45) is 2.64. The van der Waals surface area contributed by atoms with Crippen LogP contribution in [0.1, 0.15) is 5.56 Å². The summed E-state index contributed by atoms with van der Waals surface area (Å²) in [6, 6.07) is 5.84. The summed E-state index contributed by atoms with van der Waals surface area (Å²) in [5, 5.41) is 19.1. The maximum absolute atomic E-state index is 10.4. The van der Waals surface area contributed by atoms with Crippen LogP contribution in [0.25, 0.3) is 6.08 Å². The van der Waals surface area contributed by atoms with Gasteiger partial charge in [0.2, 0.25) is 0 Å². The van der Waals surface area contributed by atoms with E-state index >= 15 is 0 Å². The molecule has 0 fully saturated rings. The van der Waals surface area contributed by atoms with Gasteiger partial charge in [-0.3, -0.25) is 10.1 Å². The SMILES string of the molecule is N#C/C=C/c1cc([N+](=O)[O-])ccc1Cl. The largest absolute Gasteiger partial charge is 0.270 e. The Morgan fingerprint density at radius 2 is 2.29 bits per heavy atom. The third-order valence-corrected chi connectivity index (χ3v) is 1.87. The first-order valence-corrected chi connectivity index (χ1v) is 4.03. The van der Waals surface area contributed by atoms with Crippen LogP contribution in [-0.2, 0) is 0 Å². The molecule has 0 N–H and O–H groups in total. The van der Waals surface area contributed by atoms with Gasteiger partial charge in [-0.25, -0.2) is 0 Å². The molecule has 0 spiro atoms. The van der Waals surface area contributed by atoms with E-state index in [-0.39, 0.29) is 5.69 Å². The predicted molar refractivity (Wildman–Crippen MR) is 52.8 cm³/mol. The first kappa shape index (κ1) is 10.2. The highest BCUT2D eigenvalue weighted by Crippen LogP contribution is 2.22. The number of nitro benzene ring substituents is 1. The van der Waals surface area contributed by atoms with Gasteiger partial charge in [0.05, 0.1) is 11.0 Å². The van der Waals surface area contributed by atoms with Gasteiger partial charge < -0.3 is 0 Å². The van der Waals surface area contributed by atoms with Crippen molar-refractivity contribution in [3.05, 3.63) is 45.0 Å². The van der Waals surface area contributed by atoms with E-state index in [4.69, 9.17) is 16.9 Å². The van der Waals surface area contributed by atoms with Crippen molar-refractivity contribution < 1.29 is 4.92 Å². The van der Waals surface area contributed by atoms with Crippen LogP contribution in [0.15, 0.2) is 24.3 Å². The Morgan fingerprint density at radius 3 is 2.86 bits per heavy atom. The van der Waals surface area contributed by atoms with Crippen LogP contribution < -0.4 is 0 Å². The maximum atomic E-state index is 10.4. The number of hydrogen-bond acceptors (Lipinski definition) is 3. The first-order chi connectivity index (χ1) is 6.65. The highest BCUT2D eigenvalue weighted by Gasteiger charge is 2.07. The zero-order chi connectivity index (χ0) is 10.6. The summed E-state index contributed by atoms with van der Waals surface area (Å²) in [5.41, 5.74) is 0.411. The first-order valence-electron chi connectivity index (χ1n) is 3.65. The Balaban J connectivity index is 3.16. The monoisotopic (exact) mass is 208 g/mol. The van der Waals surface area contributed by atoms with Crippen molar-refractivity contribution in [2.24, 2.45) is 0 Å². The fourth-order valence-electron chi connectivity index (χ4n) is 0.899. The van der Waals surface area contributed by atoms with Crippen molar-refractivity contribution in [3.8, 4) is 6.07 Å². The number of halogens is 1. The number of hydrogen-bond donors (Lipinski definition) is 0. The minimum absolute atomic E-state index is 0.0491. The Kier molecular flexibility index (Phi) is 3.21. The molecule has 0 saturated heterocycles. The quantitative estimate of drug-likeness (QED) is 0.426. The molecule has 0 aromatic heterocycles. The molecule has 1 aromatic rings. The third kappa shape index (κ3) is 2.31. The van der Waals surface area contributed by atoms with Crippen molar-refractivity contribution in [1.82, 2.24) is 0 Å². The molecule has 0 atom stereocenters. The summed E-state index contributed by atoms with van der Waals surface area (Å²) in [5.74, 6) is 0. The molecule has 0 aliphatic heterocycles. The molecule has 1 rings (SSSR count). The molecule has 0 bridgehead atoms. The van der Waals surface area contributed by atoms with Crippen LogP contribution in [0.3, 0.4) is 0 Å². The highest BCUT2D eigenvalue weighted by atomic mass is 35.5. The van der Waals surface area contributed by atoms with Gasteiger partial charge in [-0.2, -0.15) is 5.26 Å². The average molecular weight is 209 g/mol. The molecule has 0 unspecified atom stereocenters. The Labute approximate surface area is 85.2 Å². The van der Waals surface area contributed by atoms with Crippen molar-refractivity contribution in [2.45, 2.75) is 0 Å². The number of rotatable bonds is 2. The smallest absolute Gasteiger partial charge is 0.258 e. The van der Waals surface area contributed by atoms with Crippen LogP contribution in [0.4, 0.5) is 5.69 Å². The molecule has 14 heavy (non-hydrogen) atoms. The zero-order valence-corrected chi connectivity index (χ0v) is 7.73. The van der Waals surface area contributed by atoms with Gasteiger partial charge in [0, 0.05) is 28.8 Å². The van der Waals surface area contributed by atoms with Crippen molar-refractivity contribution in [1.29, 1.82) is 5.26 Å². The standard InChI is InChI=1S/C9H5ClN2O2/c10-9-4-3-8(12(13)14)6-7(9)2-1-5-11/h1-4,6H/b2-1+. The minimum atomic E-state index is -0.514. The Bertz CT molecular complexity index is 435. The van der Waals surface area contributed by atoms with Gasteiger partial charge in [0.25, 0.3) is 5.69 Å². The fraction of sp³-hybridized carbons (Fsp3) is 0. The lowest BCUT2D eigenvalue weighted by molar-refractivity contribution is -0.384. The number of benzene rings is 1. The molecule has 0 amide bonds. The van der Waals surface area contributed by atoms with E-state index in [9.17, 15) is 10.1 Å². The molecule has 70 valence electrons. The van der Waals surface area contributed by atoms with E-state index in [2.05, 4.69) is 0 Å². The lowest BCUT2D eigenvalue weighted by Gasteiger charge is -1.96. The summed E-state index contributed by atoms with van der Waals surface area (Å²) < 4.78 is 0. The van der Waals surface area contributed by atoms with Crippen molar-refractivity contribution in [2.75, 3.05) is 0 Å². The predicted octanol–water partition coefficient (Wildman–Crippen LogP) is 2.78. The summed E-state index contributed by atoms with van der Waals surface area (Å²) >= 11 is 5.75. The van der Waals surface area contributed by atoms with Gasteiger partial charge >= 0.3 is 0 Å². The Morgan fingerprint density at radius 1 is 1.57 bits per heavy atom. The van der Waals surface area contributed by atoms with Gasteiger partial charge in [-0.05, 0) is 12.1 Å². The summed E-state index contributed by atoms with van der Waals surface area (Å²) in [7, 11) is 0. The minimum Gasteiger partial charge on any atom is -0.258 e. The van der Waals surface area contributed by atoms with Crippen LogP contribution in [0.5, 0.6) is 0 Å². The highest BCUT2D eigenvalue weighted by molar-refractivity contribution is 6.32. The molecule has 0 saturated carbocycles. The lowest BCUT2D eigenvalue weighted by Crippen LogP contribution is -1.88. The topological polar surface area (TPSA) is 66.9 Å². The summed E-state index contributed by atoms with van der Waals surface area (Å²) in [6.45, 7) is 0. The van der Waals surface area contributed by atoms with Gasteiger partial charge in [-0.15, -0.1) is 0 Å².